The van der Waals surface area contributed by atoms with Crippen molar-refractivity contribution in [2.24, 2.45) is 11.7 Å². The third kappa shape index (κ3) is 1.58. The lowest BCUT2D eigenvalue weighted by atomic mass is 9.86. The summed E-state index contributed by atoms with van der Waals surface area (Å²) in [6.07, 6.45) is 0. The van der Waals surface area contributed by atoms with Crippen molar-refractivity contribution in [1.29, 1.82) is 0 Å². The number of amides is 1. The highest BCUT2D eigenvalue weighted by atomic mass is 16.2. The Morgan fingerprint density at radius 3 is 2.33 bits per heavy atom. The molecule has 0 spiro atoms. The summed E-state index contributed by atoms with van der Waals surface area (Å²) in [6, 6.07) is 7.59. The summed E-state index contributed by atoms with van der Waals surface area (Å²) in [5, 5.41) is 0. The lowest BCUT2D eigenvalue weighted by Gasteiger charge is -2.41. The zero-order chi connectivity index (χ0) is 13.5. The number of carbonyl (C=O) groups is 1. The monoisotopic (exact) mass is 244 g/mol. The maximum Gasteiger partial charge on any atom is 0.259 e. The smallest absolute Gasteiger partial charge is 0.259 e. The normalized spacial score (nSPS) is 18.2. The molecule has 18 heavy (non-hydrogen) atoms. The van der Waals surface area contributed by atoms with E-state index in [1.54, 1.807) is 4.90 Å². The van der Waals surface area contributed by atoms with Gasteiger partial charge in [-0.2, -0.15) is 0 Å². The standard InChI is InChI=1S/C15H20N2O/c1-10(2)15(4,9-16)17-11(3)12-7-5-6-8-13(12)14(17)18/h5-8,10H,3,9,16H2,1-2,4H3. The Morgan fingerprint density at radius 1 is 1.33 bits per heavy atom. The van der Waals surface area contributed by atoms with Crippen molar-refractivity contribution >= 4 is 11.6 Å². The first kappa shape index (κ1) is 12.8. The van der Waals surface area contributed by atoms with Crippen LogP contribution in [0.4, 0.5) is 0 Å². The predicted octanol–water partition coefficient (Wildman–Crippen LogP) is 2.49. The minimum Gasteiger partial charge on any atom is -0.328 e. The molecule has 1 aliphatic rings. The summed E-state index contributed by atoms with van der Waals surface area (Å²) in [7, 11) is 0. The van der Waals surface area contributed by atoms with Crippen molar-refractivity contribution in [2.75, 3.05) is 6.54 Å². The van der Waals surface area contributed by atoms with Crippen molar-refractivity contribution < 1.29 is 4.79 Å². The van der Waals surface area contributed by atoms with E-state index in [2.05, 4.69) is 20.4 Å². The minimum atomic E-state index is -0.396. The van der Waals surface area contributed by atoms with Crippen LogP contribution in [-0.4, -0.2) is 22.9 Å². The van der Waals surface area contributed by atoms with Gasteiger partial charge in [0.05, 0.1) is 5.54 Å². The average Bonchev–Trinajstić information content (AvgIpc) is 2.62. The number of fused-ring (bicyclic) bond motifs is 1. The summed E-state index contributed by atoms with van der Waals surface area (Å²) in [5.41, 5.74) is 7.92. The van der Waals surface area contributed by atoms with Gasteiger partial charge >= 0.3 is 0 Å². The Balaban J connectivity index is 2.51. The maximum atomic E-state index is 12.5. The van der Waals surface area contributed by atoms with Gasteiger partial charge in [0.1, 0.15) is 0 Å². The van der Waals surface area contributed by atoms with Gasteiger partial charge in [-0.05, 0) is 18.9 Å². The lowest BCUT2D eigenvalue weighted by Crippen LogP contribution is -2.54. The Bertz CT molecular complexity index is 472. The molecule has 96 valence electrons. The van der Waals surface area contributed by atoms with Gasteiger partial charge in [-0.15, -0.1) is 0 Å². The molecule has 0 saturated heterocycles. The molecule has 0 radical (unpaired) electrons. The minimum absolute atomic E-state index is 0.0113. The van der Waals surface area contributed by atoms with Crippen molar-refractivity contribution in [3.8, 4) is 0 Å². The highest BCUT2D eigenvalue weighted by Crippen LogP contribution is 2.39. The summed E-state index contributed by atoms with van der Waals surface area (Å²) in [4.78, 5) is 14.3. The van der Waals surface area contributed by atoms with Crippen molar-refractivity contribution in [2.45, 2.75) is 26.3 Å². The summed E-state index contributed by atoms with van der Waals surface area (Å²) >= 11 is 0. The number of hydrogen-bond donors (Lipinski definition) is 1. The molecule has 1 aromatic rings. The maximum absolute atomic E-state index is 12.5. The van der Waals surface area contributed by atoms with E-state index in [9.17, 15) is 4.79 Å². The largest absolute Gasteiger partial charge is 0.328 e. The molecule has 0 aliphatic carbocycles. The molecule has 2 rings (SSSR count). The van der Waals surface area contributed by atoms with Gasteiger partial charge in [-0.25, -0.2) is 0 Å². The number of nitrogens with two attached hydrogens (primary N) is 1. The molecule has 0 saturated carbocycles. The Morgan fingerprint density at radius 2 is 1.89 bits per heavy atom. The number of rotatable bonds is 3. The Kier molecular flexibility index (Phi) is 3.03. The van der Waals surface area contributed by atoms with Crippen LogP contribution in [0.3, 0.4) is 0 Å². The van der Waals surface area contributed by atoms with Crippen LogP contribution in [0.2, 0.25) is 0 Å². The number of carbonyl (C=O) groups excluding carboxylic acids is 1. The van der Waals surface area contributed by atoms with Gasteiger partial charge in [0.15, 0.2) is 0 Å². The summed E-state index contributed by atoms with van der Waals surface area (Å²) < 4.78 is 0. The number of hydrogen-bond acceptors (Lipinski definition) is 2. The van der Waals surface area contributed by atoms with E-state index in [1.807, 2.05) is 31.2 Å². The second-order valence-electron chi connectivity index (χ2n) is 5.35. The van der Waals surface area contributed by atoms with Gasteiger partial charge in [0, 0.05) is 23.4 Å². The topological polar surface area (TPSA) is 46.3 Å². The molecular formula is C15H20N2O. The molecule has 1 atom stereocenters. The zero-order valence-corrected chi connectivity index (χ0v) is 11.2. The first-order valence-electron chi connectivity index (χ1n) is 6.26. The van der Waals surface area contributed by atoms with Crippen LogP contribution in [0.5, 0.6) is 0 Å². The van der Waals surface area contributed by atoms with Crippen molar-refractivity contribution in [1.82, 2.24) is 4.90 Å². The number of benzene rings is 1. The first-order valence-corrected chi connectivity index (χ1v) is 6.26. The van der Waals surface area contributed by atoms with E-state index in [0.717, 1.165) is 16.8 Å². The van der Waals surface area contributed by atoms with Gasteiger partial charge in [0.25, 0.3) is 5.91 Å². The first-order chi connectivity index (χ1) is 8.43. The number of nitrogens with zero attached hydrogens (tertiary/aromatic N) is 1. The van der Waals surface area contributed by atoms with Crippen molar-refractivity contribution in [3.63, 3.8) is 0 Å². The fourth-order valence-corrected chi connectivity index (χ4v) is 2.41. The molecule has 0 bridgehead atoms. The van der Waals surface area contributed by atoms with Gasteiger partial charge in [0.2, 0.25) is 0 Å². The molecule has 1 aliphatic heterocycles. The van der Waals surface area contributed by atoms with Crippen LogP contribution in [0.15, 0.2) is 30.8 Å². The Hall–Kier alpha value is -1.61. The molecule has 3 nitrogen and oxygen atoms in total. The second-order valence-corrected chi connectivity index (χ2v) is 5.35. The van der Waals surface area contributed by atoms with Crippen LogP contribution < -0.4 is 5.73 Å². The third-order valence-corrected chi connectivity index (χ3v) is 4.11. The zero-order valence-electron chi connectivity index (χ0n) is 11.2. The molecule has 2 N–H and O–H groups in total. The van der Waals surface area contributed by atoms with Crippen LogP contribution >= 0.6 is 0 Å². The van der Waals surface area contributed by atoms with Gasteiger partial charge < -0.3 is 10.6 Å². The predicted molar refractivity (Wildman–Crippen MR) is 73.9 cm³/mol. The van der Waals surface area contributed by atoms with Gasteiger partial charge in [-0.1, -0.05) is 38.6 Å². The van der Waals surface area contributed by atoms with E-state index >= 15 is 0 Å². The van der Waals surface area contributed by atoms with Gasteiger partial charge in [-0.3, -0.25) is 4.79 Å². The van der Waals surface area contributed by atoms with E-state index in [1.165, 1.54) is 0 Å². The fourth-order valence-electron chi connectivity index (χ4n) is 2.41. The fraction of sp³-hybridized carbons (Fsp3) is 0.400. The van der Waals surface area contributed by atoms with Crippen LogP contribution in [-0.2, 0) is 0 Å². The summed E-state index contributed by atoms with van der Waals surface area (Å²) in [6.45, 7) is 10.7. The molecule has 3 heteroatoms. The summed E-state index contributed by atoms with van der Waals surface area (Å²) in [5.74, 6) is 0.273. The van der Waals surface area contributed by atoms with Crippen LogP contribution in [0, 0.1) is 5.92 Å². The highest BCUT2D eigenvalue weighted by molar-refractivity contribution is 6.09. The quantitative estimate of drug-likeness (QED) is 0.888. The molecule has 1 amide bonds. The van der Waals surface area contributed by atoms with E-state index in [-0.39, 0.29) is 11.8 Å². The molecule has 0 aromatic heterocycles. The molecule has 1 unspecified atom stereocenters. The third-order valence-electron chi connectivity index (χ3n) is 4.11. The SMILES string of the molecule is C=C1c2ccccc2C(=O)N1C(C)(CN)C(C)C. The molecule has 0 fully saturated rings. The van der Waals surface area contributed by atoms with E-state index in [0.29, 0.717) is 6.54 Å². The second kappa shape index (κ2) is 4.25. The van der Waals surface area contributed by atoms with Crippen molar-refractivity contribution in [3.05, 3.63) is 42.0 Å². The van der Waals surface area contributed by atoms with E-state index < -0.39 is 5.54 Å². The molecular weight excluding hydrogens is 224 g/mol. The van der Waals surface area contributed by atoms with Crippen LogP contribution in [0.25, 0.3) is 5.70 Å². The average molecular weight is 244 g/mol. The van der Waals surface area contributed by atoms with Crippen LogP contribution in [0.1, 0.15) is 36.7 Å². The Labute approximate surface area is 108 Å². The molecule has 1 heterocycles. The van der Waals surface area contributed by atoms with E-state index in [4.69, 9.17) is 5.73 Å². The highest BCUT2D eigenvalue weighted by Gasteiger charge is 2.43. The lowest BCUT2D eigenvalue weighted by molar-refractivity contribution is 0.0634. The molecule has 1 aromatic carbocycles.